The highest BCUT2D eigenvalue weighted by molar-refractivity contribution is 6.30. The summed E-state index contributed by atoms with van der Waals surface area (Å²) in [6.07, 6.45) is 1.82. The molecule has 0 radical (unpaired) electrons. The third-order valence-corrected chi connectivity index (χ3v) is 6.02. The molecule has 34 heavy (non-hydrogen) atoms. The smallest absolute Gasteiger partial charge is 0.323 e. The summed E-state index contributed by atoms with van der Waals surface area (Å²) in [5.41, 5.74) is 2.65. The third-order valence-electron chi connectivity index (χ3n) is 5.79. The number of ether oxygens (including phenoxy) is 2. The number of carbonyl (C=O) groups excluding carboxylic acids is 3. The van der Waals surface area contributed by atoms with Gasteiger partial charge in [0.15, 0.2) is 0 Å². The number of esters is 2. The van der Waals surface area contributed by atoms with Crippen molar-refractivity contribution >= 4 is 40.8 Å². The van der Waals surface area contributed by atoms with Crippen LogP contribution in [0.4, 0.5) is 11.4 Å². The van der Waals surface area contributed by atoms with Crippen molar-refractivity contribution < 1.29 is 23.9 Å². The molecular formula is C25H30ClN3O5. The third kappa shape index (κ3) is 7.46. The number of nitrogens with one attached hydrogen (secondary N) is 2. The molecule has 0 unspecified atom stereocenters. The molecule has 9 heteroatoms. The molecule has 8 nitrogen and oxygen atoms in total. The molecule has 182 valence electrons. The first-order valence-corrected chi connectivity index (χ1v) is 11.6. The largest absolute Gasteiger partial charge is 0.469 e. The van der Waals surface area contributed by atoms with E-state index in [1.807, 2.05) is 36.4 Å². The van der Waals surface area contributed by atoms with Gasteiger partial charge in [0.25, 0.3) is 0 Å². The Kier molecular flexibility index (Phi) is 9.30. The van der Waals surface area contributed by atoms with Gasteiger partial charge in [0.05, 0.1) is 27.1 Å². The Morgan fingerprint density at radius 2 is 1.76 bits per heavy atom. The second-order valence-electron chi connectivity index (χ2n) is 8.19. The van der Waals surface area contributed by atoms with Crippen molar-refractivity contribution in [3.63, 3.8) is 0 Å². The second kappa shape index (κ2) is 12.4. The van der Waals surface area contributed by atoms with Gasteiger partial charge in [0, 0.05) is 35.5 Å². The monoisotopic (exact) mass is 487 g/mol. The molecule has 1 aliphatic heterocycles. The van der Waals surface area contributed by atoms with Crippen LogP contribution in [0.3, 0.4) is 0 Å². The summed E-state index contributed by atoms with van der Waals surface area (Å²) in [4.78, 5) is 38.2. The maximum atomic E-state index is 12.3. The Bertz CT molecular complexity index is 990. The van der Waals surface area contributed by atoms with Crippen LogP contribution in [0.2, 0.25) is 5.02 Å². The van der Waals surface area contributed by atoms with Crippen LogP contribution >= 0.6 is 11.6 Å². The summed E-state index contributed by atoms with van der Waals surface area (Å²) in [5, 5.41) is 6.76. The zero-order valence-electron chi connectivity index (χ0n) is 19.4. The molecule has 0 aromatic heterocycles. The van der Waals surface area contributed by atoms with E-state index in [-0.39, 0.29) is 24.8 Å². The van der Waals surface area contributed by atoms with Crippen LogP contribution in [0, 0.1) is 0 Å². The molecule has 1 atom stereocenters. The summed E-state index contributed by atoms with van der Waals surface area (Å²) in [7, 11) is 2.60. The molecule has 0 spiro atoms. The summed E-state index contributed by atoms with van der Waals surface area (Å²) >= 11 is 5.98. The van der Waals surface area contributed by atoms with Crippen LogP contribution in [0.25, 0.3) is 0 Å². The quantitative estimate of drug-likeness (QED) is 0.524. The van der Waals surface area contributed by atoms with E-state index in [9.17, 15) is 14.4 Å². The van der Waals surface area contributed by atoms with Crippen molar-refractivity contribution in [2.75, 3.05) is 37.5 Å². The number of benzene rings is 2. The molecule has 1 heterocycles. The molecule has 1 saturated heterocycles. The van der Waals surface area contributed by atoms with Crippen molar-refractivity contribution in [2.45, 2.75) is 37.8 Å². The van der Waals surface area contributed by atoms with Gasteiger partial charge in [-0.25, -0.2) is 0 Å². The lowest BCUT2D eigenvalue weighted by atomic mass is 10.0. The zero-order valence-corrected chi connectivity index (χ0v) is 20.1. The van der Waals surface area contributed by atoms with Gasteiger partial charge in [-0.2, -0.15) is 0 Å². The highest BCUT2D eigenvalue weighted by Gasteiger charge is 2.28. The Morgan fingerprint density at radius 3 is 2.38 bits per heavy atom. The number of hydrogen-bond acceptors (Lipinski definition) is 7. The number of hydrogen-bond donors (Lipinski definition) is 2. The van der Waals surface area contributed by atoms with Crippen molar-refractivity contribution in [1.29, 1.82) is 0 Å². The zero-order chi connectivity index (χ0) is 24.5. The number of piperidine rings is 1. The maximum Gasteiger partial charge on any atom is 0.323 e. The van der Waals surface area contributed by atoms with Crippen LogP contribution in [-0.4, -0.2) is 57.2 Å². The van der Waals surface area contributed by atoms with Crippen LogP contribution in [0.15, 0.2) is 48.5 Å². The van der Waals surface area contributed by atoms with Gasteiger partial charge >= 0.3 is 11.9 Å². The van der Waals surface area contributed by atoms with Crippen LogP contribution in [0.5, 0.6) is 0 Å². The summed E-state index contributed by atoms with van der Waals surface area (Å²) in [6, 6.07) is 14.4. The number of halogens is 1. The van der Waals surface area contributed by atoms with E-state index >= 15 is 0 Å². The number of rotatable bonds is 9. The van der Waals surface area contributed by atoms with Gasteiger partial charge in [0.1, 0.15) is 6.04 Å². The van der Waals surface area contributed by atoms with Crippen molar-refractivity contribution in [3.8, 4) is 0 Å². The van der Waals surface area contributed by atoms with E-state index in [4.69, 9.17) is 16.3 Å². The van der Waals surface area contributed by atoms with E-state index in [1.54, 1.807) is 12.1 Å². The van der Waals surface area contributed by atoms with E-state index in [1.165, 1.54) is 14.2 Å². The predicted octanol–water partition coefficient (Wildman–Crippen LogP) is 3.18. The lowest BCUT2D eigenvalue weighted by Gasteiger charge is -2.35. The maximum absolute atomic E-state index is 12.3. The van der Waals surface area contributed by atoms with Crippen LogP contribution < -0.4 is 15.5 Å². The van der Waals surface area contributed by atoms with Crippen LogP contribution in [0.1, 0.15) is 24.8 Å². The van der Waals surface area contributed by atoms with Crippen molar-refractivity contribution in [3.05, 3.63) is 59.1 Å². The molecule has 2 aromatic rings. The standard InChI is InChI=1S/C25H30ClN3O5/c1-33-24(31)16-22(25(32)34-2)27-20-10-12-29(13-11-20)21-8-6-19(7-9-21)28-23(30)15-17-4-3-5-18(26)14-17/h3-9,14,20,22,27H,10-13,15-16H2,1-2H3,(H,28,30)/t22-/m0/s1. The predicted molar refractivity (Wildman–Crippen MR) is 131 cm³/mol. The SMILES string of the molecule is COC(=O)C[C@H](NC1CCN(c2ccc(NC(=O)Cc3cccc(Cl)c3)cc2)CC1)C(=O)OC. The van der Waals surface area contributed by atoms with Gasteiger partial charge < -0.3 is 25.0 Å². The number of amides is 1. The van der Waals surface area contributed by atoms with Crippen LogP contribution in [-0.2, 0) is 30.3 Å². The molecule has 0 bridgehead atoms. The second-order valence-corrected chi connectivity index (χ2v) is 8.62. The normalized spacial score (nSPS) is 14.9. The molecule has 0 saturated carbocycles. The first-order valence-electron chi connectivity index (χ1n) is 11.2. The molecule has 0 aliphatic carbocycles. The molecule has 2 N–H and O–H groups in total. The number of carbonyl (C=O) groups is 3. The fourth-order valence-corrected chi connectivity index (χ4v) is 4.20. The minimum absolute atomic E-state index is 0.0616. The van der Waals surface area contributed by atoms with E-state index < -0.39 is 18.0 Å². The molecule has 1 aliphatic rings. The van der Waals surface area contributed by atoms with Gasteiger partial charge in [-0.15, -0.1) is 0 Å². The Morgan fingerprint density at radius 1 is 1.06 bits per heavy atom. The molecule has 3 rings (SSSR count). The highest BCUT2D eigenvalue weighted by atomic mass is 35.5. The van der Waals surface area contributed by atoms with Gasteiger partial charge in [-0.3, -0.25) is 14.4 Å². The van der Waals surface area contributed by atoms with Gasteiger partial charge in [0.2, 0.25) is 5.91 Å². The first-order chi connectivity index (χ1) is 16.4. The molecule has 1 fully saturated rings. The number of nitrogens with zero attached hydrogens (tertiary/aromatic N) is 1. The van der Waals surface area contributed by atoms with E-state index in [0.29, 0.717) is 5.02 Å². The Balaban J connectivity index is 1.49. The number of methoxy groups -OCH3 is 2. The summed E-state index contributed by atoms with van der Waals surface area (Å²) in [6.45, 7) is 1.59. The minimum Gasteiger partial charge on any atom is -0.469 e. The number of anilines is 2. The average Bonchev–Trinajstić information content (AvgIpc) is 2.84. The van der Waals surface area contributed by atoms with E-state index in [0.717, 1.165) is 42.9 Å². The minimum atomic E-state index is -0.719. The van der Waals surface area contributed by atoms with E-state index in [2.05, 4.69) is 20.3 Å². The highest BCUT2D eigenvalue weighted by Crippen LogP contribution is 2.23. The fraction of sp³-hybridized carbons (Fsp3) is 0.400. The molecule has 1 amide bonds. The first kappa shape index (κ1) is 25.5. The Hall–Kier alpha value is -3.10. The lowest BCUT2D eigenvalue weighted by molar-refractivity contribution is -0.149. The fourth-order valence-electron chi connectivity index (χ4n) is 3.98. The lowest BCUT2D eigenvalue weighted by Crippen LogP contribution is -2.50. The van der Waals surface area contributed by atoms with Gasteiger partial charge in [-0.1, -0.05) is 23.7 Å². The molecular weight excluding hydrogens is 458 g/mol. The topological polar surface area (TPSA) is 97.0 Å². The Labute approximate surface area is 204 Å². The average molecular weight is 488 g/mol. The van der Waals surface area contributed by atoms with Crippen molar-refractivity contribution in [1.82, 2.24) is 5.32 Å². The van der Waals surface area contributed by atoms with Gasteiger partial charge in [-0.05, 0) is 54.8 Å². The molecule has 2 aromatic carbocycles. The summed E-state index contributed by atoms with van der Waals surface area (Å²) < 4.78 is 9.49. The van der Waals surface area contributed by atoms with Crippen molar-refractivity contribution in [2.24, 2.45) is 0 Å². The summed E-state index contributed by atoms with van der Waals surface area (Å²) in [5.74, 6) is -1.03.